The van der Waals surface area contributed by atoms with E-state index in [-0.39, 0.29) is 29.6 Å². The predicted octanol–water partition coefficient (Wildman–Crippen LogP) is 2.75. The van der Waals surface area contributed by atoms with Crippen molar-refractivity contribution < 1.29 is 24.0 Å². The number of amides is 2. The monoisotopic (exact) mass is 327 g/mol. The molecule has 132 valence electrons. The summed E-state index contributed by atoms with van der Waals surface area (Å²) in [5.41, 5.74) is -0.411. The van der Waals surface area contributed by atoms with E-state index in [4.69, 9.17) is 9.63 Å². The van der Waals surface area contributed by atoms with Crippen LogP contribution in [-0.2, 0) is 24.0 Å². The summed E-state index contributed by atoms with van der Waals surface area (Å²) in [6, 6.07) is 0. The molecule has 1 heterocycles. The topological polar surface area (TPSA) is 80.8 Å². The SMILES string of the molecule is C=O.CC(C(C(=O)ON1C(=O)CCC1=O)C(C)(C)C)C(C)(C)C. The van der Waals surface area contributed by atoms with Crippen molar-refractivity contribution in [2.24, 2.45) is 22.7 Å². The van der Waals surface area contributed by atoms with Gasteiger partial charge in [0.25, 0.3) is 11.8 Å². The van der Waals surface area contributed by atoms with Gasteiger partial charge in [-0.05, 0) is 16.7 Å². The highest BCUT2D eigenvalue weighted by Gasteiger charge is 2.44. The van der Waals surface area contributed by atoms with Crippen molar-refractivity contribution in [3.05, 3.63) is 0 Å². The third-order valence-electron chi connectivity index (χ3n) is 4.24. The summed E-state index contributed by atoms with van der Waals surface area (Å²) in [5, 5.41) is 0.635. The summed E-state index contributed by atoms with van der Waals surface area (Å²) in [6.07, 6.45) is 0.224. The highest BCUT2D eigenvalue weighted by Crippen LogP contribution is 2.42. The van der Waals surface area contributed by atoms with Crippen LogP contribution in [0, 0.1) is 22.7 Å². The molecule has 1 saturated heterocycles. The first-order chi connectivity index (χ1) is 10.4. The third-order valence-corrected chi connectivity index (χ3v) is 4.24. The van der Waals surface area contributed by atoms with Gasteiger partial charge in [-0.25, -0.2) is 4.79 Å². The fourth-order valence-electron chi connectivity index (χ4n) is 2.61. The molecular weight excluding hydrogens is 298 g/mol. The van der Waals surface area contributed by atoms with Gasteiger partial charge in [0.1, 0.15) is 6.79 Å². The summed E-state index contributed by atoms with van der Waals surface area (Å²) < 4.78 is 0. The Labute approximate surface area is 138 Å². The minimum Gasteiger partial charge on any atom is -0.330 e. The van der Waals surface area contributed by atoms with E-state index in [2.05, 4.69) is 20.8 Å². The first kappa shape index (κ1) is 21.3. The molecule has 6 nitrogen and oxygen atoms in total. The van der Waals surface area contributed by atoms with Crippen LogP contribution in [0.1, 0.15) is 61.3 Å². The largest absolute Gasteiger partial charge is 0.337 e. The molecule has 23 heavy (non-hydrogen) atoms. The molecule has 0 N–H and O–H groups in total. The molecule has 1 aliphatic rings. The van der Waals surface area contributed by atoms with E-state index in [0.717, 1.165) is 0 Å². The fourth-order valence-corrected chi connectivity index (χ4v) is 2.61. The molecule has 0 aromatic rings. The van der Waals surface area contributed by atoms with Gasteiger partial charge in [0.15, 0.2) is 0 Å². The van der Waals surface area contributed by atoms with Crippen molar-refractivity contribution in [2.75, 3.05) is 0 Å². The molecule has 2 unspecified atom stereocenters. The molecule has 6 heteroatoms. The van der Waals surface area contributed by atoms with Crippen LogP contribution in [0.25, 0.3) is 0 Å². The number of rotatable bonds is 3. The quantitative estimate of drug-likeness (QED) is 0.745. The zero-order valence-corrected chi connectivity index (χ0v) is 15.3. The average molecular weight is 327 g/mol. The summed E-state index contributed by atoms with van der Waals surface area (Å²) in [6.45, 7) is 16.1. The fraction of sp³-hybridized carbons (Fsp3) is 0.765. The maximum atomic E-state index is 12.6. The van der Waals surface area contributed by atoms with Crippen molar-refractivity contribution in [3.8, 4) is 0 Å². The summed E-state index contributed by atoms with van der Waals surface area (Å²) in [7, 11) is 0. The van der Waals surface area contributed by atoms with Gasteiger partial charge in [0, 0.05) is 12.8 Å². The molecule has 0 saturated carbocycles. The van der Waals surface area contributed by atoms with Crippen LogP contribution in [0.4, 0.5) is 0 Å². The zero-order valence-electron chi connectivity index (χ0n) is 15.3. The zero-order chi connectivity index (χ0) is 18.6. The lowest BCUT2D eigenvalue weighted by molar-refractivity contribution is -0.205. The van der Waals surface area contributed by atoms with Gasteiger partial charge >= 0.3 is 5.97 Å². The molecule has 0 radical (unpaired) electrons. The molecule has 0 aromatic heterocycles. The van der Waals surface area contributed by atoms with Gasteiger partial charge in [-0.2, -0.15) is 0 Å². The van der Waals surface area contributed by atoms with Crippen molar-refractivity contribution in [1.29, 1.82) is 0 Å². The van der Waals surface area contributed by atoms with Crippen LogP contribution in [0.5, 0.6) is 0 Å². The average Bonchev–Trinajstić information content (AvgIpc) is 2.70. The number of carbonyl (C=O) groups excluding carboxylic acids is 4. The number of nitrogens with zero attached hydrogens (tertiary/aromatic N) is 1. The number of hydroxylamine groups is 2. The molecule has 1 aliphatic heterocycles. The first-order valence-corrected chi connectivity index (χ1v) is 7.72. The number of hydrogen-bond donors (Lipinski definition) is 0. The third kappa shape index (κ3) is 5.44. The second-order valence-corrected chi connectivity index (χ2v) is 7.99. The van der Waals surface area contributed by atoms with E-state index >= 15 is 0 Å². The molecule has 1 rings (SSSR count). The lowest BCUT2D eigenvalue weighted by Crippen LogP contribution is -2.44. The molecule has 0 aromatic carbocycles. The van der Waals surface area contributed by atoms with Gasteiger partial charge < -0.3 is 9.63 Å². The van der Waals surface area contributed by atoms with Gasteiger partial charge in [-0.15, -0.1) is 5.06 Å². The Kier molecular flexibility index (Phi) is 7.13. The molecule has 2 amide bonds. The van der Waals surface area contributed by atoms with Gasteiger partial charge in [-0.3, -0.25) is 9.59 Å². The van der Waals surface area contributed by atoms with E-state index < -0.39 is 23.7 Å². The van der Waals surface area contributed by atoms with Crippen LogP contribution >= 0.6 is 0 Å². The summed E-state index contributed by atoms with van der Waals surface area (Å²) in [5.74, 6) is -1.75. The van der Waals surface area contributed by atoms with E-state index in [1.54, 1.807) is 0 Å². The van der Waals surface area contributed by atoms with Crippen LogP contribution in [0.2, 0.25) is 0 Å². The van der Waals surface area contributed by atoms with E-state index in [9.17, 15) is 14.4 Å². The van der Waals surface area contributed by atoms with Crippen LogP contribution in [-0.4, -0.2) is 29.6 Å². The van der Waals surface area contributed by atoms with Gasteiger partial charge in [0.2, 0.25) is 0 Å². The molecule has 2 atom stereocenters. The van der Waals surface area contributed by atoms with E-state index in [0.29, 0.717) is 5.06 Å². The maximum absolute atomic E-state index is 12.6. The molecule has 0 aliphatic carbocycles. The lowest BCUT2D eigenvalue weighted by atomic mass is 9.65. The van der Waals surface area contributed by atoms with Crippen molar-refractivity contribution in [2.45, 2.75) is 61.3 Å². The van der Waals surface area contributed by atoms with Crippen molar-refractivity contribution in [3.63, 3.8) is 0 Å². The summed E-state index contributed by atoms with van der Waals surface area (Å²) >= 11 is 0. The predicted molar refractivity (Wildman–Crippen MR) is 85.9 cm³/mol. The van der Waals surface area contributed by atoms with Gasteiger partial charge in [0.05, 0.1) is 5.92 Å². The van der Waals surface area contributed by atoms with Gasteiger partial charge in [-0.1, -0.05) is 48.5 Å². The Morgan fingerprint density at radius 1 is 1.00 bits per heavy atom. The first-order valence-electron chi connectivity index (χ1n) is 7.72. The van der Waals surface area contributed by atoms with E-state index in [1.165, 1.54) is 0 Å². The number of hydrogen-bond acceptors (Lipinski definition) is 5. The minimum absolute atomic E-state index is 0.0396. The summed E-state index contributed by atoms with van der Waals surface area (Å²) in [4.78, 5) is 48.9. The van der Waals surface area contributed by atoms with Crippen molar-refractivity contribution in [1.82, 2.24) is 5.06 Å². The molecule has 0 spiro atoms. The van der Waals surface area contributed by atoms with Crippen molar-refractivity contribution >= 4 is 24.6 Å². The second-order valence-electron chi connectivity index (χ2n) is 7.99. The molecule has 0 bridgehead atoms. The normalized spacial score (nSPS) is 18.1. The van der Waals surface area contributed by atoms with E-state index in [1.807, 2.05) is 34.5 Å². The second kappa shape index (κ2) is 7.70. The Morgan fingerprint density at radius 2 is 1.39 bits per heavy atom. The van der Waals surface area contributed by atoms with Crippen LogP contribution < -0.4 is 0 Å². The Balaban J connectivity index is 0.00000232. The number of carbonyl (C=O) groups is 4. The standard InChI is InChI=1S/C16H27NO4.CH2O/c1-10(15(2,3)4)13(16(5,6)7)14(20)21-17-11(18)8-9-12(17)19;1-2/h10,13H,8-9H2,1-7H3;1H2. The van der Waals surface area contributed by atoms with Crippen LogP contribution in [0.3, 0.4) is 0 Å². The van der Waals surface area contributed by atoms with Crippen LogP contribution in [0.15, 0.2) is 0 Å². The Morgan fingerprint density at radius 3 is 1.70 bits per heavy atom. The molecule has 1 fully saturated rings. The number of imide groups is 1. The highest BCUT2D eigenvalue weighted by atomic mass is 16.7. The Hall–Kier alpha value is -1.72. The highest BCUT2D eigenvalue weighted by molar-refractivity contribution is 6.01. The smallest absolute Gasteiger partial charge is 0.330 e. The Bertz CT molecular complexity index is 443. The lowest BCUT2D eigenvalue weighted by Gasteiger charge is -2.40. The minimum atomic E-state index is -0.506. The molecular formula is C17H29NO5. The maximum Gasteiger partial charge on any atom is 0.337 e.